The van der Waals surface area contributed by atoms with Crippen LogP contribution in [0.3, 0.4) is 0 Å². The summed E-state index contributed by atoms with van der Waals surface area (Å²) in [4.78, 5) is 15.3. The fraction of sp³-hybridized carbons (Fsp3) is 0.429. The summed E-state index contributed by atoms with van der Waals surface area (Å²) in [6.07, 6.45) is 3.52. The fourth-order valence-electron chi connectivity index (χ4n) is 3.81. The van der Waals surface area contributed by atoms with Crippen molar-refractivity contribution in [2.24, 2.45) is 0 Å². The van der Waals surface area contributed by atoms with E-state index in [1.165, 1.54) is 25.0 Å². The lowest BCUT2D eigenvalue weighted by Gasteiger charge is -2.26. The first-order valence-corrected chi connectivity index (χ1v) is 9.93. The molecule has 3 rings (SSSR count). The molecule has 28 heavy (non-hydrogen) atoms. The van der Waals surface area contributed by atoms with Gasteiger partial charge < -0.3 is 10.0 Å². The molecule has 0 radical (unpaired) electrons. The standard InChI is InChI=1S/C21H26ClN3O3/c1-23-11-2-3-19(23)10-12-24(14-16-4-7-18(22)8-5-16)15-17-6-9-21(26)20(13-17)25(27)28/h4-9,13,19,26H,2-3,10-12,14-15H2,1H3/t19-/m0/s1. The number of halogens is 1. The van der Waals surface area contributed by atoms with Gasteiger partial charge in [0.2, 0.25) is 0 Å². The minimum absolute atomic E-state index is 0.250. The van der Waals surface area contributed by atoms with Gasteiger partial charge in [0.15, 0.2) is 5.75 Å². The summed E-state index contributed by atoms with van der Waals surface area (Å²) in [5.74, 6) is -0.300. The molecule has 0 unspecified atom stereocenters. The summed E-state index contributed by atoms with van der Waals surface area (Å²) in [6, 6.07) is 13.0. The Kier molecular flexibility index (Phi) is 6.88. The molecule has 0 aliphatic carbocycles. The molecule has 0 bridgehead atoms. The third-order valence-corrected chi connectivity index (χ3v) is 5.66. The monoisotopic (exact) mass is 403 g/mol. The van der Waals surface area contributed by atoms with Gasteiger partial charge in [-0.25, -0.2) is 0 Å². The Morgan fingerprint density at radius 1 is 1.21 bits per heavy atom. The van der Waals surface area contributed by atoms with Gasteiger partial charge >= 0.3 is 5.69 Å². The molecule has 0 amide bonds. The van der Waals surface area contributed by atoms with E-state index in [-0.39, 0.29) is 11.4 Å². The van der Waals surface area contributed by atoms with E-state index in [2.05, 4.69) is 16.8 Å². The minimum Gasteiger partial charge on any atom is -0.502 e. The van der Waals surface area contributed by atoms with Crippen LogP contribution in [0.4, 0.5) is 5.69 Å². The second-order valence-corrected chi connectivity index (χ2v) is 7.92. The highest BCUT2D eigenvalue weighted by molar-refractivity contribution is 6.30. The number of hydrogen-bond donors (Lipinski definition) is 1. The molecule has 1 N–H and O–H groups in total. The molecule has 1 fully saturated rings. The van der Waals surface area contributed by atoms with Gasteiger partial charge in [0.25, 0.3) is 0 Å². The van der Waals surface area contributed by atoms with Crippen LogP contribution in [0.25, 0.3) is 0 Å². The Labute approximate surface area is 170 Å². The SMILES string of the molecule is CN1CCC[C@H]1CCN(Cc1ccc(Cl)cc1)Cc1ccc(O)c([N+](=O)[O-])c1. The molecule has 6 nitrogen and oxygen atoms in total. The normalized spacial score (nSPS) is 17.3. The number of likely N-dealkylation sites (tertiary alicyclic amines) is 1. The van der Waals surface area contributed by atoms with Crippen LogP contribution in [0, 0.1) is 10.1 Å². The van der Waals surface area contributed by atoms with Crippen LogP contribution in [0.5, 0.6) is 5.75 Å². The Bertz CT molecular complexity index is 813. The van der Waals surface area contributed by atoms with Crippen LogP contribution < -0.4 is 0 Å². The van der Waals surface area contributed by atoms with Gasteiger partial charge in [0.1, 0.15) is 0 Å². The smallest absolute Gasteiger partial charge is 0.311 e. The second kappa shape index (κ2) is 9.37. The highest BCUT2D eigenvalue weighted by Gasteiger charge is 2.22. The van der Waals surface area contributed by atoms with Gasteiger partial charge in [-0.15, -0.1) is 0 Å². The molecule has 1 heterocycles. The Hall–Kier alpha value is -2.15. The quantitative estimate of drug-likeness (QED) is 0.521. The van der Waals surface area contributed by atoms with E-state index in [0.717, 1.165) is 37.2 Å². The van der Waals surface area contributed by atoms with Crippen LogP contribution in [-0.2, 0) is 13.1 Å². The van der Waals surface area contributed by atoms with Crippen LogP contribution in [0.2, 0.25) is 5.02 Å². The average Bonchev–Trinajstić information content (AvgIpc) is 3.08. The predicted molar refractivity (Wildman–Crippen MR) is 111 cm³/mol. The highest BCUT2D eigenvalue weighted by Crippen LogP contribution is 2.27. The van der Waals surface area contributed by atoms with Crippen molar-refractivity contribution in [3.8, 4) is 5.75 Å². The summed E-state index contributed by atoms with van der Waals surface area (Å²) >= 11 is 6.00. The van der Waals surface area contributed by atoms with Gasteiger partial charge in [-0.3, -0.25) is 15.0 Å². The van der Waals surface area contributed by atoms with Crippen LogP contribution in [0.15, 0.2) is 42.5 Å². The van der Waals surface area contributed by atoms with Crippen molar-refractivity contribution in [3.63, 3.8) is 0 Å². The van der Waals surface area contributed by atoms with E-state index in [1.807, 2.05) is 24.3 Å². The number of nitro benzene ring substituents is 1. The molecule has 7 heteroatoms. The van der Waals surface area contributed by atoms with Gasteiger partial charge in [-0.1, -0.05) is 29.8 Å². The Balaban J connectivity index is 1.73. The zero-order chi connectivity index (χ0) is 20.1. The van der Waals surface area contributed by atoms with E-state index >= 15 is 0 Å². The number of hydrogen-bond acceptors (Lipinski definition) is 5. The number of rotatable bonds is 8. The molecule has 1 saturated heterocycles. The third kappa shape index (κ3) is 5.44. The van der Waals surface area contributed by atoms with Gasteiger partial charge in [0.05, 0.1) is 4.92 Å². The molecule has 1 aliphatic heterocycles. The first kappa shape index (κ1) is 20.6. The number of nitrogens with zero attached hydrogens (tertiary/aromatic N) is 3. The Morgan fingerprint density at radius 3 is 2.54 bits per heavy atom. The fourth-order valence-corrected chi connectivity index (χ4v) is 3.94. The van der Waals surface area contributed by atoms with E-state index < -0.39 is 4.92 Å². The number of aromatic hydroxyl groups is 1. The van der Waals surface area contributed by atoms with Crippen LogP contribution in [0.1, 0.15) is 30.4 Å². The molecular formula is C21H26ClN3O3. The Morgan fingerprint density at radius 2 is 1.89 bits per heavy atom. The van der Waals surface area contributed by atoms with E-state index in [0.29, 0.717) is 17.6 Å². The number of benzene rings is 2. The van der Waals surface area contributed by atoms with Crippen LogP contribution >= 0.6 is 11.6 Å². The van der Waals surface area contributed by atoms with Crippen molar-refractivity contribution < 1.29 is 10.0 Å². The van der Waals surface area contributed by atoms with Crippen molar-refractivity contribution >= 4 is 17.3 Å². The molecule has 1 aliphatic rings. The van der Waals surface area contributed by atoms with Gasteiger partial charge in [0, 0.05) is 36.8 Å². The maximum atomic E-state index is 11.1. The number of phenols is 1. The lowest BCUT2D eigenvalue weighted by Crippen LogP contribution is -2.31. The zero-order valence-corrected chi connectivity index (χ0v) is 16.8. The molecule has 150 valence electrons. The van der Waals surface area contributed by atoms with Crippen molar-refractivity contribution in [2.75, 3.05) is 20.1 Å². The van der Waals surface area contributed by atoms with Crippen molar-refractivity contribution in [2.45, 2.75) is 38.4 Å². The first-order chi connectivity index (χ1) is 13.4. The summed E-state index contributed by atoms with van der Waals surface area (Å²) in [7, 11) is 2.17. The molecule has 0 aromatic heterocycles. The molecule has 1 atom stereocenters. The summed E-state index contributed by atoms with van der Waals surface area (Å²) in [6.45, 7) is 3.36. The topological polar surface area (TPSA) is 69.8 Å². The van der Waals surface area contributed by atoms with Gasteiger partial charge in [-0.2, -0.15) is 0 Å². The molecule has 2 aromatic rings. The van der Waals surface area contributed by atoms with E-state index in [4.69, 9.17) is 11.6 Å². The van der Waals surface area contributed by atoms with Crippen molar-refractivity contribution in [1.82, 2.24) is 9.80 Å². The van der Waals surface area contributed by atoms with Gasteiger partial charge in [-0.05, 0) is 62.2 Å². The second-order valence-electron chi connectivity index (χ2n) is 7.48. The molecular weight excluding hydrogens is 378 g/mol. The van der Waals surface area contributed by atoms with E-state index in [9.17, 15) is 15.2 Å². The third-order valence-electron chi connectivity index (χ3n) is 5.41. The van der Waals surface area contributed by atoms with E-state index in [1.54, 1.807) is 6.07 Å². The van der Waals surface area contributed by atoms with Crippen molar-refractivity contribution in [3.05, 3.63) is 68.7 Å². The minimum atomic E-state index is -0.546. The zero-order valence-electron chi connectivity index (χ0n) is 16.1. The summed E-state index contributed by atoms with van der Waals surface area (Å²) < 4.78 is 0. The number of phenolic OH excluding ortho intramolecular Hbond substituents is 1. The first-order valence-electron chi connectivity index (χ1n) is 9.55. The van der Waals surface area contributed by atoms with Crippen molar-refractivity contribution in [1.29, 1.82) is 0 Å². The predicted octanol–water partition coefficient (Wildman–Crippen LogP) is 4.44. The van der Waals surface area contributed by atoms with Crippen LogP contribution in [-0.4, -0.2) is 46.0 Å². The summed E-state index contributed by atoms with van der Waals surface area (Å²) in [5.41, 5.74) is 1.72. The lowest BCUT2D eigenvalue weighted by atomic mass is 10.1. The molecule has 0 saturated carbocycles. The molecule has 0 spiro atoms. The number of nitro groups is 1. The lowest BCUT2D eigenvalue weighted by molar-refractivity contribution is -0.385. The maximum absolute atomic E-state index is 11.1. The maximum Gasteiger partial charge on any atom is 0.311 e. The average molecular weight is 404 g/mol. The summed E-state index contributed by atoms with van der Waals surface area (Å²) in [5, 5.41) is 21.5. The molecule has 2 aromatic carbocycles. The highest BCUT2D eigenvalue weighted by atomic mass is 35.5. The largest absolute Gasteiger partial charge is 0.502 e.